The molecule has 0 saturated carbocycles. The molecular formula is C11H11NO4. The predicted molar refractivity (Wildman–Crippen MR) is 56.4 cm³/mol. The molecule has 16 heavy (non-hydrogen) atoms. The van der Waals surface area contributed by atoms with Gasteiger partial charge in [-0.15, -0.1) is 0 Å². The molecule has 5 nitrogen and oxygen atoms in total. The minimum atomic E-state index is -0.901. The van der Waals surface area contributed by atoms with Crippen LogP contribution in [0, 0.1) is 10.1 Å². The number of carboxylic acid groups (broad SMARTS) is 1. The van der Waals surface area contributed by atoms with Gasteiger partial charge in [0.1, 0.15) is 0 Å². The molecule has 0 bridgehead atoms. The van der Waals surface area contributed by atoms with Crippen molar-refractivity contribution in [3.63, 3.8) is 0 Å². The van der Waals surface area contributed by atoms with E-state index in [4.69, 9.17) is 5.11 Å². The molecule has 2 rings (SSSR count). The Morgan fingerprint density at radius 3 is 2.88 bits per heavy atom. The summed E-state index contributed by atoms with van der Waals surface area (Å²) >= 11 is 0. The number of fused-ring (bicyclic) bond motifs is 1. The average molecular weight is 221 g/mol. The molecule has 0 saturated heterocycles. The zero-order chi connectivity index (χ0) is 11.7. The third kappa shape index (κ3) is 1.76. The maximum Gasteiger partial charge on any atom is 0.310 e. The Balaban J connectivity index is 2.48. The number of non-ortho nitro benzene ring substituents is 1. The minimum Gasteiger partial charge on any atom is -0.481 e. The van der Waals surface area contributed by atoms with Gasteiger partial charge in [-0.05, 0) is 30.4 Å². The van der Waals surface area contributed by atoms with Gasteiger partial charge in [0.25, 0.3) is 5.69 Å². The summed E-state index contributed by atoms with van der Waals surface area (Å²) < 4.78 is 0. The molecule has 1 aliphatic carbocycles. The number of rotatable bonds is 2. The fourth-order valence-electron chi connectivity index (χ4n) is 2.16. The van der Waals surface area contributed by atoms with Gasteiger partial charge in [-0.25, -0.2) is 0 Å². The molecule has 1 aromatic carbocycles. The van der Waals surface area contributed by atoms with E-state index in [-0.39, 0.29) is 5.69 Å². The van der Waals surface area contributed by atoms with Gasteiger partial charge >= 0.3 is 5.97 Å². The van der Waals surface area contributed by atoms with E-state index in [0.717, 1.165) is 18.4 Å². The molecule has 0 fully saturated rings. The summed E-state index contributed by atoms with van der Waals surface area (Å²) in [6.45, 7) is 0. The van der Waals surface area contributed by atoms with E-state index in [0.29, 0.717) is 12.0 Å². The van der Waals surface area contributed by atoms with Crippen LogP contribution in [0.1, 0.15) is 29.9 Å². The van der Waals surface area contributed by atoms with E-state index >= 15 is 0 Å². The maximum absolute atomic E-state index is 11.0. The molecule has 0 amide bonds. The fraction of sp³-hybridized carbons (Fsp3) is 0.364. The van der Waals surface area contributed by atoms with Crippen molar-refractivity contribution < 1.29 is 14.8 Å². The van der Waals surface area contributed by atoms with Gasteiger partial charge in [-0.1, -0.05) is 6.07 Å². The van der Waals surface area contributed by atoms with Gasteiger partial charge in [-0.2, -0.15) is 0 Å². The summed E-state index contributed by atoms with van der Waals surface area (Å²) in [7, 11) is 0. The monoisotopic (exact) mass is 221 g/mol. The van der Waals surface area contributed by atoms with E-state index in [1.54, 1.807) is 6.07 Å². The number of carboxylic acids is 1. The highest BCUT2D eigenvalue weighted by molar-refractivity contribution is 5.77. The van der Waals surface area contributed by atoms with Crippen molar-refractivity contribution in [1.82, 2.24) is 0 Å². The van der Waals surface area contributed by atoms with Crippen LogP contribution in [0.4, 0.5) is 5.69 Å². The summed E-state index contributed by atoms with van der Waals surface area (Å²) in [4.78, 5) is 21.2. The average Bonchev–Trinajstić information content (AvgIpc) is 2.27. The topological polar surface area (TPSA) is 80.4 Å². The van der Waals surface area contributed by atoms with Crippen LogP contribution < -0.4 is 0 Å². The Kier molecular flexibility index (Phi) is 2.60. The lowest BCUT2D eigenvalue weighted by Gasteiger charge is -2.21. The van der Waals surface area contributed by atoms with Gasteiger partial charge in [0.15, 0.2) is 0 Å². The number of carbonyl (C=O) groups is 1. The van der Waals surface area contributed by atoms with Crippen LogP contribution in [0.25, 0.3) is 0 Å². The van der Waals surface area contributed by atoms with Gasteiger partial charge in [0.2, 0.25) is 0 Å². The molecule has 1 aromatic rings. The first-order chi connectivity index (χ1) is 7.59. The van der Waals surface area contributed by atoms with E-state index < -0.39 is 16.8 Å². The summed E-state index contributed by atoms with van der Waals surface area (Å²) in [5.74, 6) is -1.50. The van der Waals surface area contributed by atoms with E-state index in [1.807, 2.05) is 0 Å². The molecule has 0 aliphatic heterocycles. The van der Waals surface area contributed by atoms with Crippen LogP contribution >= 0.6 is 0 Å². The van der Waals surface area contributed by atoms with E-state index in [1.165, 1.54) is 12.1 Å². The van der Waals surface area contributed by atoms with Crippen molar-refractivity contribution in [2.75, 3.05) is 0 Å². The van der Waals surface area contributed by atoms with Crippen molar-refractivity contribution in [1.29, 1.82) is 0 Å². The zero-order valence-electron chi connectivity index (χ0n) is 8.55. The number of aryl methyl sites for hydroxylation is 1. The standard InChI is InChI=1S/C11H11NO4/c13-11(14)9-3-1-2-7-4-5-8(12(15)16)6-10(7)9/h4-6,9H,1-3H2,(H,13,14). The summed E-state index contributed by atoms with van der Waals surface area (Å²) in [6.07, 6.45) is 2.18. The largest absolute Gasteiger partial charge is 0.481 e. The van der Waals surface area contributed by atoms with Gasteiger partial charge in [-0.3, -0.25) is 14.9 Å². The number of hydrogen-bond donors (Lipinski definition) is 1. The van der Waals surface area contributed by atoms with Crippen LogP contribution in [0.2, 0.25) is 0 Å². The Hall–Kier alpha value is -1.91. The molecule has 0 radical (unpaired) electrons. The van der Waals surface area contributed by atoms with Gasteiger partial charge in [0, 0.05) is 12.1 Å². The van der Waals surface area contributed by atoms with Crippen molar-refractivity contribution in [2.45, 2.75) is 25.2 Å². The lowest BCUT2D eigenvalue weighted by Crippen LogP contribution is -2.18. The Morgan fingerprint density at radius 1 is 1.50 bits per heavy atom. The van der Waals surface area contributed by atoms with Crippen LogP contribution in [-0.4, -0.2) is 16.0 Å². The number of nitrogens with zero attached hydrogens (tertiary/aromatic N) is 1. The smallest absolute Gasteiger partial charge is 0.310 e. The fourth-order valence-corrected chi connectivity index (χ4v) is 2.16. The Labute approximate surface area is 91.9 Å². The van der Waals surface area contributed by atoms with Gasteiger partial charge in [0.05, 0.1) is 10.8 Å². The second kappa shape index (κ2) is 3.92. The van der Waals surface area contributed by atoms with Crippen LogP contribution in [0.15, 0.2) is 18.2 Å². The quantitative estimate of drug-likeness (QED) is 0.612. The van der Waals surface area contributed by atoms with Gasteiger partial charge < -0.3 is 5.11 Å². The van der Waals surface area contributed by atoms with Crippen LogP contribution in [0.3, 0.4) is 0 Å². The second-order valence-electron chi connectivity index (χ2n) is 3.92. The van der Waals surface area contributed by atoms with E-state index in [2.05, 4.69) is 0 Å². The summed E-state index contributed by atoms with van der Waals surface area (Å²) in [5.41, 5.74) is 1.49. The molecule has 0 heterocycles. The first-order valence-corrected chi connectivity index (χ1v) is 5.09. The molecule has 0 aromatic heterocycles. The minimum absolute atomic E-state index is 0.0353. The molecule has 84 valence electrons. The first-order valence-electron chi connectivity index (χ1n) is 5.09. The second-order valence-corrected chi connectivity index (χ2v) is 3.92. The predicted octanol–water partition coefficient (Wildman–Crippen LogP) is 2.10. The SMILES string of the molecule is O=C(O)C1CCCc2ccc([N+](=O)[O-])cc21. The highest BCUT2D eigenvalue weighted by atomic mass is 16.6. The summed E-state index contributed by atoms with van der Waals surface area (Å²) in [5, 5.41) is 19.7. The summed E-state index contributed by atoms with van der Waals surface area (Å²) in [6, 6.07) is 4.50. The van der Waals surface area contributed by atoms with Crippen molar-refractivity contribution in [3.8, 4) is 0 Å². The molecule has 1 aliphatic rings. The van der Waals surface area contributed by atoms with Crippen LogP contribution in [0.5, 0.6) is 0 Å². The van der Waals surface area contributed by atoms with E-state index in [9.17, 15) is 14.9 Å². The number of aliphatic carboxylic acids is 1. The van der Waals surface area contributed by atoms with Crippen molar-refractivity contribution >= 4 is 11.7 Å². The third-order valence-electron chi connectivity index (χ3n) is 2.95. The number of nitro groups is 1. The zero-order valence-corrected chi connectivity index (χ0v) is 8.55. The molecular weight excluding hydrogens is 210 g/mol. The Bertz CT molecular complexity index is 455. The molecule has 1 atom stereocenters. The first kappa shape index (κ1) is 10.6. The molecule has 5 heteroatoms. The molecule has 0 spiro atoms. The number of benzene rings is 1. The number of hydrogen-bond acceptors (Lipinski definition) is 3. The normalized spacial score (nSPS) is 18.9. The highest BCUT2D eigenvalue weighted by Crippen LogP contribution is 2.33. The molecule has 1 N–H and O–H groups in total. The molecule has 1 unspecified atom stereocenters. The lowest BCUT2D eigenvalue weighted by molar-refractivity contribution is -0.384. The maximum atomic E-state index is 11.0. The Morgan fingerprint density at radius 2 is 2.25 bits per heavy atom. The van der Waals surface area contributed by atoms with Crippen molar-refractivity contribution in [2.24, 2.45) is 0 Å². The third-order valence-corrected chi connectivity index (χ3v) is 2.95. The van der Waals surface area contributed by atoms with Crippen LogP contribution in [-0.2, 0) is 11.2 Å². The lowest BCUT2D eigenvalue weighted by atomic mass is 9.82. The number of nitro benzene ring substituents is 1. The highest BCUT2D eigenvalue weighted by Gasteiger charge is 2.27. The van der Waals surface area contributed by atoms with Crippen molar-refractivity contribution in [3.05, 3.63) is 39.4 Å².